The van der Waals surface area contributed by atoms with E-state index in [1.54, 1.807) is 70.7 Å². The molecule has 4 rings (SSSR count). The maximum Gasteiger partial charge on any atom is 0.319 e. The minimum Gasteiger partial charge on any atom is -0.505 e. The van der Waals surface area contributed by atoms with E-state index in [0.717, 1.165) is 35.3 Å². The van der Waals surface area contributed by atoms with Crippen LogP contribution in [0.15, 0.2) is 70.5 Å². The van der Waals surface area contributed by atoms with Crippen LogP contribution in [0.2, 0.25) is 0 Å². The number of ether oxygens (including phenoxy) is 1. The molecule has 476 valence electrons. The van der Waals surface area contributed by atoms with E-state index >= 15 is 0 Å². The Labute approximate surface area is 508 Å². The van der Waals surface area contributed by atoms with Crippen molar-refractivity contribution in [3.8, 4) is 23.0 Å². The lowest BCUT2D eigenvalue weighted by Gasteiger charge is -2.21. The van der Waals surface area contributed by atoms with E-state index < -0.39 is 37.6 Å². The number of phenolic OH excluding ortho intramolecular Hbond substituents is 3. The number of nitrogens with zero attached hydrogens (tertiary/aromatic N) is 3. The van der Waals surface area contributed by atoms with Crippen molar-refractivity contribution < 1.29 is 56.1 Å². The summed E-state index contributed by atoms with van der Waals surface area (Å²) in [6.45, 7) is 25.7. The van der Waals surface area contributed by atoms with Crippen molar-refractivity contribution in [1.82, 2.24) is 18.8 Å². The first-order valence-corrected chi connectivity index (χ1v) is 33.7. The number of aryl methyl sites for hydroxylation is 2. The molecule has 0 aliphatic heterocycles. The molecule has 7 N–H and O–H groups in total. The lowest BCUT2D eigenvalue weighted by Crippen LogP contribution is -2.31. The van der Waals surface area contributed by atoms with Gasteiger partial charge in [0.1, 0.15) is 15.5 Å². The van der Waals surface area contributed by atoms with Crippen LogP contribution in [0.5, 0.6) is 23.0 Å². The fraction of sp³-hybridized carbons (Fsp3) is 0.562. The molecule has 0 saturated carbocycles. The lowest BCUT2D eigenvalue weighted by atomic mass is 10.0. The number of nitrogens with one attached hydrogen (secondary N) is 4. The first-order valence-electron chi connectivity index (χ1n) is 30.8. The minimum absolute atomic E-state index is 0.103. The first kappa shape index (κ1) is 74.7. The molecule has 0 radical (unpaired) electrons. The summed E-state index contributed by atoms with van der Waals surface area (Å²) in [6.07, 6.45) is 15.9. The summed E-state index contributed by atoms with van der Waals surface area (Å²) in [5.41, 5.74) is 3.97. The summed E-state index contributed by atoms with van der Waals surface area (Å²) in [5.74, 6) is -1.05. The SMILES string of the molecule is CCC(=O)Nc1cc(CC)cc(S(=O)(=O)N(CC)CC)c1O.CCCCCCCCCCCCOc1ccc(Cc2cc(NC(=O)CC)c(O)c(S(=O)(=O)N(CC)CC)c2)cc1.CCCNC(=O)Nc1cc(CC)cc(C(=O)N(CC)CC)c1O. The number of rotatable bonds is 34. The molecule has 0 heterocycles. The van der Waals surface area contributed by atoms with Crippen LogP contribution in [0.1, 0.15) is 199 Å². The van der Waals surface area contributed by atoms with Gasteiger partial charge in [-0.1, -0.05) is 139 Å². The third kappa shape index (κ3) is 23.8. The molecule has 85 heavy (non-hydrogen) atoms. The normalized spacial score (nSPS) is 11.3. The van der Waals surface area contributed by atoms with Gasteiger partial charge < -0.3 is 46.2 Å². The molecule has 0 fully saturated rings. The van der Waals surface area contributed by atoms with Crippen molar-refractivity contribution in [2.75, 3.05) is 68.4 Å². The standard InChI is InChI=1S/C32H50N2O5S.C17H27N3O3.C15H24N2O4S/c1-5-9-10-11-12-13-14-15-16-17-22-39-28-20-18-26(19-21-28)23-27-24-29(33-31(35)6-2)32(36)30(25-27)40(37,38)34(7-3)8-4;1-5-9-18-17(23)19-14-11-12(6-2)10-13(15(14)21)16(22)20(7-3)8-4;1-5-11-9-12(16-14(18)6-2)15(19)13(10-11)22(20,21)17(7-3)8-4/h18-21,24-25,36H,5-17,22-23H2,1-4H3,(H,33,35);10-11,21H,5-9H2,1-4H3,(H2,18,19,23);9-10,19H,5-8H2,1-4H3,(H,16,18). The van der Waals surface area contributed by atoms with Crippen LogP contribution in [0.4, 0.5) is 21.9 Å². The number of phenols is 3. The largest absolute Gasteiger partial charge is 0.505 e. The monoisotopic (exact) mass is 1220 g/mol. The molecule has 0 bridgehead atoms. The zero-order valence-electron chi connectivity index (χ0n) is 52.9. The van der Waals surface area contributed by atoms with Crippen molar-refractivity contribution in [3.05, 3.63) is 88.5 Å². The third-order valence-electron chi connectivity index (χ3n) is 14.3. The highest BCUT2D eigenvalue weighted by Gasteiger charge is 2.30. The van der Waals surface area contributed by atoms with Gasteiger partial charge in [-0.05, 0) is 117 Å². The number of hydrogen-bond donors (Lipinski definition) is 7. The van der Waals surface area contributed by atoms with Crippen LogP contribution >= 0.6 is 0 Å². The van der Waals surface area contributed by atoms with Crippen LogP contribution in [-0.4, -0.2) is 122 Å². The zero-order valence-corrected chi connectivity index (χ0v) is 54.6. The van der Waals surface area contributed by atoms with Gasteiger partial charge in [-0.2, -0.15) is 8.61 Å². The van der Waals surface area contributed by atoms with Crippen LogP contribution in [0.3, 0.4) is 0 Å². The highest BCUT2D eigenvalue weighted by Crippen LogP contribution is 2.37. The molecule has 4 aromatic carbocycles. The Morgan fingerprint density at radius 2 is 0.894 bits per heavy atom. The Bertz CT molecular complexity index is 2930. The first-order chi connectivity index (χ1) is 40.5. The predicted molar refractivity (Wildman–Crippen MR) is 342 cm³/mol. The molecule has 0 spiro atoms. The molecule has 0 unspecified atom stereocenters. The second kappa shape index (κ2) is 39.3. The number of carbonyl (C=O) groups excluding carboxylic acids is 4. The van der Waals surface area contributed by atoms with Gasteiger partial charge in [-0.15, -0.1) is 0 Å². The van der Waals surface area contributed by atoms with Crippen molar-refractivity contribution in [1.29, 1.82) is 0 Å². The molecule has 0 aliphatic carbocycles. The summed E-state index contributed by atoms with van der Waals surface area (Å²) in [5, 5.41) is 42.0. The molecule has 5 amide bonds. The molecule has 19 nitrogen and oxygen atoms in total. The maximum atomic E-state index is 13.3. The number of sulfonamides is 2. The summed E-state index contributed by atoms with van der Waals surface area (Å²) >= 11 is 0. The van der Waals surface area contributed by atoms with Crippen molar-refractivity contribution in [2.24, 2.45) is 0 Å². The number of benzene rings is 4. The molecule has 0 aromatic heterocycles. The Morgan fingerprint density at radius 1 is 0.471 bits per heavy atom. The molecular weight excluding hydrogens is 1120 g/mol. The third-order valence-corrected chi connectivity index (χ3v) is 18.4. The van der Waals surface area contributed by atoms with Crippen LogP contribution in [0.25, 0.3) is 0 Å². The summed E-state index contributed by atoms with van der Waals surface area (Å²) in [6, 6.07) is 17.0. The van der Waals surface area contributed by atoms with Gasteiger partial charge in [0.2, 0.25) is 31.9 Å². The van der Waals surface area contributed by atoms with Gasteiger partial charge in [0.05, 0.1) is 29.2 Å². The number of anilines is 3. The van der Waals surface area contributed by atoms with Crippen LogP contribution < -0.4 is 26.0 Å². The van der Waals surface area contributed by atoms with Crippen LogP contribution in [0, 0.1) is 0 Å². The average molecular weight is 1220 g/mol. The number of amides is 5. The second-order valence-electron chi connectivity index (χ2n) is 20.4. The molecule has 4 aromatic rings. The number of hydrogen-bond acceptors (Lipinski definition) is 12. The van der Waals surface area contributed by atoms with E-state index in [4.69, 9.17) is 4.74 Å². The predicted octanol–water partition coefficient (Wildman–Crippen LogP) is 13.0. The van der Waals surface area contributed by atoms with E-state index in [1.807, 2.05) is 58.9 Å². The molecule has 0 aliphatic rings. The second-order valence-corrected chi connectivity index (χ2v) is 24.2. The van der Waals surface area contributed by atoms with Gasteiger partial charge in [0, 0.05) is 58.7 Å². The van der Waals surface area contributed by atoms with Crippen LogP contribution in [-0.2, 0) is 48.9 Å². The Hall–Kier alpha value is -6.42. The Morgan fingerprint density at radius 3 is 1.32 bits per heavy atom. The molecule has 21 heteroatoms. The van der Waals surface area contributed by atoms with Gasteiger partial charge in [0.25, 0.3) is 5.91 Å². The van der Waals surface area contributed by atoms with E-state index in [1.165, 1.54) is 78.5 Å². The molecule has 0 atom stereocenters. The van der Waals surface area contributed by atoms with Crippen molar-refractivity contribution in [3.63, 3.8) is 0 Å². The highest BCUT2D eigenvalue weighted by atomic mass is 32.2. The van der Waals surface area contributed by atoms with Gasteiger partial charge in [-0.25, -0.2) is 21.6 Å². The highest BCUT2D eigenvalue weighted by molar-refractivity contribution is 7.89. The topological polar surface area (TPSA) is 264 Å². The molecular formula is C64H101N7O12S2. The van der Waals surface area contributed by atoms with E-state index in [2.05, 4.69) is 28.2 Å². The van der Waals surface area contributed by atoms with Gasteiger partial charge in [0.15, 0.2) is 17.2 Å². The average Bonchev–Trinajstić information content (AvgIpc) is 3.61. The summed E-state index contributed by atoms with van der Waals surface area (Å²) in [7, 11) is -7.73. The number of carbonyl (C=O) groups is 4. The zero-order chi connectivity index (χ0) is 63.7. The number of aromatic hydroxyl groups is 3. The Kier molecular flexibility index (Phi) is 34.5. The lowest BCUT2D eigenvalue weighted by molar-refractivity contribution is -0.116. The maximum absolute atomic E-state index is 13.3. The van der Waals surface area contributed by atoms with E-state index in [9.17, 15) is 51.3 Å². The van der Waals surface area contributed by atoms with Crippen molar-refractivity contribution in [2.45, 2.75) is 196 Å². The quantitative estimate of drug-likeness (QED) is 0.0170. The Balaban J connectivity index is 0.000000468. The summed E-state index contributed by atoms with van der Waals surface area (Å²) < 4.78 is 60.3. The molecule has 0 saturated heterocycles. The number of urea groups is 1. The minimum atomic E-state index is -3.93. The summed E-state index contributed by atoms with van der Waals surface area (Å²) in [4.78, 5) is 49.3. The fourth-order valence-corrected chi connectivity index (χ4v) is 12.3. The smallest absolute Gasteiger partial charge is 0.319 e. The van der Waals surface area contributed by atoms with E-state index in [0.29, 0.717) is 64.2 Å². The number of unbranched alkanes of at least 4 members (excludes halogenated alkanes) is 9. The van der Waals surface area contributed by atoms with Gasteiger partial charge >= 0.3 is 6.03 Å². The fourth-order valence-electron chi connectivity index (χ4n) is 9.06. The van der Waals surface area contributed by atoms with Gasteiger partial charge in [-0.3, -0.25) is 14.4 Å². The van der Waals surface area contributed by atoms with E-state index in [-0.39, 0.29) is 81.8 Å². The van der Waals surface area contributed by atoms with Crippen molar-refractivity contribution >= 4 is 60.9 Å².